The second kappa shape index (κ2) is 7.44. The second-order valence-corrected chi connectivity index (χ2v) is 3.88. The maximum absolute atomic E-state index is 11.4. The van der Waals surface area contributed by atoms with Gasteiger partial charge in [-0.15, -0.1) is 0 Å². The van der Waals surface area contributed by atoms with Crippen molar-refractivity contribution >= 4 is 11.7 Å². The molecule has 1 aromatic rings. The minimum Gasteiger partial charge on any atom is -0.309 e. The van der Waals surface area contributed by atoms with Crippen molar-refractivity contribution in [2.75, 3.05) is 5.32 Å². The summed E-state index contributed by atoms with van der Waals surface area (Å²) in [5.41, 5.74) is 0. The fourth-order valence-corrected chi connectivity index (χ4v) is 1.42. The van der Waals surface area contributed by atoms with Crippen LogP contribution in [0.15, 0.2) is 12.3 Å². The lowest BCUT2D eigenvalue weighted by atomic mass is 10.2. The maximum Gasteiger partial charge on any atom is 0.225 e. The van der Waals surface area contributed by atoms with E-state index in [0.29, 0.717) is 25.2 Å². The van der Waals surface area contributed by atoms with Crippen molar-refractivity contribution in [3.05, 3.63) is 12.3 Å². The molecular weight excluding hydrogens is 216 g/mol. The number of nitrogens with zero attached hydrogens (tertiary/aromatic N) is 3. The summed E-state index contributed by atoms with van der Waals surface area (Å²) in [6, 6.07) is 3.86. The van der Waals surface area contributed by atoms with Crippen molar-refractivity contribution in [1.29, 1.82) is 5.26 Å². The van der Waals surface area contributed by atoms with Gasteiger partial charge in [-0.2, -0.15) is 10.4 Å². The minimum atomic E-state index is 0.00845. The van der Waals surface area contributed by atoms with Gasteiger partial charge in [-0.3, -0.25) is 9.48 Å². The third kappa shape index (κ3) is 5.16. The highest BCUT2D eigenvalue weighted by Gasteiger charge is 2.04. The van der Waals surface area contributed by atoms with E-state index in [1.807, 2.05) is 6.20 Å². The zero-order valence-electron chi connectivity index (χ0n) is 10.1. The summed E-state index contributed by atoms with van der Waals surface area (Å²) in [6.07, 6.45) is 5.56. The molecule has 0 aliphatic heterocycles. The Morgan fingerprint density at radius 3 is 3.12 bits per heavy atom. The average molecular weight is 234 g/mol. The van der Waals surface area contributed by atoms with Gasteiger partial charge in [-0.05, 0) is 12.8 Å². The maximum atomic E-state index is 11.4. The highest BCUT2D eigenvalue weighted by molar-refractivity contribution is 5.89. The highest BCUT2D eigenvalue weighted by atomic mass is 16.1. The first-order chi connectivity index (χ1) is 8.26. The highest BCUT2D eigenvalue weighted by Crippen LogP contribution is 2.05. The Bertz CT molecular complexity index is 391. The molecule has 92 valence electrons. The Hall–Kier alpha value is -1.83. The normalized spacial score (nSPS) is 9.88. The van der Waals surface area contributed by atoms with Gasteiger partial charge in [0.25, 0.3) is 0 Å². The number of aryl methyl sites for hydroxylation is 1. The van der Waals surface area contributed by atoms with Crippen molar-refractivity contribution in [1.82, 2.24) is 9.78 Å². The zero-order chi connectivity index (χ0) is 12.5. The van der Waals surface area contributed by atoms with Crippen LogP contribution in [0.4, 0.5) is 5.82 Å². The predicted octanol–water partition coefficient (Wildman–Crippen LogP) is 2.32. The van der Waals surface area contributed by atoms with Gasteiger partial charge < -0.3 is 5.32 Å². The molecule has 5 nitrogen and oxygen atoms in total. The Kier molecular flexibility index (Phi) is 5.80. The van der Waals surface area contributed by atoms with Gasteiger partial charge in [0.1, 0.15) is 0 Å². The third-order valence-corrected chi connectivity index (χ3v) is 2.34. The van der Waals surface area contributed by atoms with E-state index in [-0.39, 0.29) is 5.91 Å². The van der Waals surface area contributed by atoms with E-state index in [4.69, 9.17) is 5.26 Å². The summed E-state index contributed by atoms with van der Waals surface area (Å²) in [7, 11) is 0. The lowest BCUT2D eigenvalue weighted by Crippen LogP contribution is -2.12. The molecule has 0 unspecified atom stereocenters. The van der Waals surface area contributed by atoms with E-state index in [9.17, 15) is 4.79 Å². The minimum absolute atomic E-state index is 0.00845. The molecule has 0 fully saturated rings. The SMILES string of the molecule is CCCCC(=O)Nc1ccn(CCCC#N)n1. The first-order valence-corrected chi connectivity index (χ1v) is 5.96. The largest absolute Gasteiger partial charge is 0.309 e. The van der Waals surface area contributed by atoms with Gasteiger partial charge >= 0.3 is 0 Å². The summed E-state index contributed by atoms with van der Waals surface area (Å²) in [4.78, 5) is 11.4. The topological polar surface area (TPSA) is 70.7 Å². The molecule has 1 amide bonds. The second-order valence-electron chi connectivity index (χ2n) is 3.88. The molecule has 0 radical (unpaired) electrons. The van der Waals surface area contributed by atoms with Crippen molar-refractivity contribution in [2.24, 2.45) is 0 Å². The molecule has 1 rings (SSSR count). The van der Waals surface area contributed by atoms with Gasteiger partial charge in [0.05, 0.1) is 6.07 Å². The fourth-order valence-electron chi connectivity index (χ4n) is 1.42. The monoisotopic (exact) mass is 234 g/mol. The van der Waals surface area contributed by atoms with Crippen LogP contribution in [0.5, 0.6) is 0 Å². The molecule has 0 atom stereocenters. The van der Waals surface area contributed by atoms with Crippen molar-refractivity contribution in [3.63, 3.8) is 0 Å². The van der Waals surface area contributed by atoms with E-state index in [1.165, 1.54) is 0 Å². The number of nitrogens with one attached hydrogen (secondary N) is 1. The smallest absolute Gasteiger partial charge is 0.225 e. The molecule has 1 aromatic heterocycles. The number of carbonyl (C=O) groups excluding carboxylic acids is 1. The average Bonchev–Trinajstić information content (AvgIpc) is 2.74. The van der Waals surface area contributed by atoms with Gasteiger partial charge in [0.15, 0.2) is 5.82 Å². The van der Waals surface area contributed by atoms with Gasteiger partial charge in [-0.1, -0.05) is 13.3 Å². The zero-order valence-corrected chi connectivity index (χ0v) is 10.1. The van der Waals surface area contributed by atoms with Crippen LogP contribution in [-0.2, 0) is 11.3 Å². The number of hydrogen-bond donors (Lipinski definition) is 1. The Morgan fingerprint density at radius 1 is 1.59 bits per heavy atom. The number of amides is 1. The number of rotatable bonds is 7. The molecule has 1 heterocycles. The van der Waals surface area contributed by atoms with Gasteiger partial charge in [-0.25, -0.2) is 0 Å². The lowest BCUT2D eigenvalue weighted by molar-refractivity contribution is -0.116. The quantitative estimate of drug-likeness (QED) is 0.736. The van der Waals surface area contributed by atoms with Gasteiger partial charge in [0.2, 0.25) is 5.91 Å². The Morgan fingerprint density at radius 2 is 2.41 bits per heavy atom. The number of carbonyl (C=O) groups is 1. The molecule has 5 heteroatoms. The van der Waals surface area contributed by atoms with Crippen molar-refractivity contribution < 1.29 is 4.79 Å². The Balaban J connectivity index is 2.35. The first kappa shape index (κ1) is 13.2. The van der Waals surface area contributed by atoms with Crippen LogP contribution in [0, 0.1) is 11.3 Å². The van der Waals surface area contributed by atoms with Crippen LogP contribution in [0.1, 0.15) is 39.0 Å². The van der Waals surface area contributed by atoms with E-state index < -0.39 is 0 Å². The van der Waals surface area contributed by atoms with Crippen molar-refractivity contribution in [2.45, 2.75) is 45.6 Å². The van der Waals surface area contributed by atoms with E-state index >= 15 is 0 Å². The number of unbranched alkanes of at least 4 members (excludes halogenated alkanes) is 2. The molecule has 0 bridgehead atoms. The molecule has 1 N–H and O–H groups in total. The molecule has 0 spiro atoms. The van der Waals surface area contributed by atoms with E-state index in [0.717, 1.165) is 19.3 Å². The van der Waals surface area contributed by atoms with Crippen molar-refractivity contribution in [3.8, 4) is 6.07 Å². The standard InChI is InChI=1S/C12H18N4O/c1-2-3-6-12(17)14-11-7-10-16(15-11)9-5-4-8-13/h7,10H,2-6,9H2,1H3,(H,14,15,17). The van der Waals surface area contributed by atoms with Crippen LogP contribution in [0.3, 0.4) is 0 Å². The fraction of sp³-hybridized carbons (Fsp3) is 0.583. The number of nitriles is 1. The molecule has 17 heavy (non-hydrogen) atoms. The van der Waals surface area contributed by atoms with Crippen LogP contribution >= 0.6 is 0 Å². The third-order valence-electron chi connectivity index (χ3n) is 2.34. The number of aromatic nitrogens is 2. The first-order valence-electron chi connectivity index (χ1n) is 5.96. The molecule has 0 aliphatic carbocycles. The molecule has 0 saturated heterocycles. The van der Waals surface area contributed by atoms with Crippen LogP contribution < -0.4 is 5.32 Å². The lowest BCUT2D eigenvalue weighted by Gasteiger charge is -2.01. The van der Waals surface area contributed by atoms with Gasteiger partial charge in [0, 0.05) is 31.6 Å². The van der Waals surface area contributed by atoms with E-state index in [1.54, 1.807) is 10.7 Å². The summed E-state index contributed by atoms with van der Waals surface area (Å²) >= 11 is 0. The Labute approximate surface area is 101 Å². The molecule has 0 aromatic carbocycles. The molecule has 0 aliphatic rings. The summed E-state index contributed by atoms with van der Waals surface area (Å²) in [5, 5.41) is 15.4. The van der Waals surface area contributed by atoms with Crippen LogP contribution in [-0.4, -0.2) is 15.7 Å². The van der Waals surface area contributed by atoms with E-state index in [2.05, 4.69) is 23.4 Å². The number of anilines is 1. The predicted molar refractivity (Wildman–Crippen MR) is 65.2 cm³/mol. The summed E-state index contributed by atoms with van der Waals surface area (Å²) in [6.45, 7) is 2.76. The summed E-state index contributed by atoms with van der Waals surface area (Å²) < 4.78 is 1.74. The number of hydrogen-bond acceptors (Lipinski definition) is 3. The van der Waals surface area contributed by atoms with Crippen LogP contribution in [0.25, 0.3) is 0 Å². The summed E-state index contributed by atoms with van der Waals surface area (Å²) in [5.74, 6) is 0.595. The van der Waals surface area contributed by atoms with Crippen LogP contribution in [0.2, 0.25) is 0 Å². The molecule has 0 saturated carbocycles. The molecular formula is C12H18N4O.